The summed E-state index contributed by atoms with van der Waals surface area (Å²) in [6, 6.07) is 5.14. The van der Waals surface area contributed by atoms with E-state index in [1.54, 1.807) is 24.0 Å². The molecule has 0 unspecified atom stereocenters. The normalized spacial score (nSPS) is 19.5. The van der Waals surface area contributed by atoms with Crippen molar-refractivity contribution in [2.24, 2.45) is 5.92 Å². The molecule has 178 valence electrons. The van der Waals surface area contributed by atoms with Gasteiger partial charge in [0, 0.05) is 37.7 Å². The van der Waals surface area contributed by atoms with E-state index in [9.17, 15) is 13.6 Å². The molecule has 2 aliphatic rings. The number of hydrogen-bond acceptors (Lipinski definition) is 6. The van der Waals surface area contributed by atoms with Gasteiger partial charge in [0.15, 0.2) is 11.6 Å². The van der Waals surface area contributed by atoms with Gasteiger partial charge in [0.2, 0.25) is 0 Å². The zero-order valence-electron chi connectivity index (χ0n) is 18.7. The molecule has 35 heavy (non-hydrogen) atoms. The number of nitrogens with zero attached hydrogens (tertiary/aromatic N) is 7. The standard InChI is InChI=1S/C24H20F3N7O/c1-13-2-3-19(34-29-5-6-30-34)22(23(13)27)24(35)33-11-14-4-7-32(12-20(14)33)21-10-28-17-8-15(25)16(26)9-18(17)31-21/h2-3,5-6,8-10,14,20H,4,7,11-12H2,1H3/t14-,20-/m1/s1. The van der Waals surface area contributed by atoms with Gasteiger partial charge in [-0.1, -0.05) is 6.07 Å². The van der Waals surface area contributed by atoms with E-state index in [0.29, 0.717) is 31.0 Å². The van der Waals surface area contributed by atoms with Gasteiger partial charge in [-0.15, -0.1) is 0 Å². The van der Waals surface area contributed by atoms with Crippen LogP contribution in [0.3, 0.4) is 0 Å². The Morgan fingerprint density at radius 2 is 1.77 bits per heavy atom. The fraction of sp³-hybridized carbons (Fsp3) is 0.292. The summed E-state index contributed by atoms with van der Waals surface area (Å²) in [5, 5.41) is 8.14. The van der Waals surface area contributed by atoms with Crippen LogP contribution in [0.5, 0.6) is 0 Å². The van der Waals surface area contributed by atoms with Crippen molar-refractivity contribution in [2.45, 2.75) is 19.4 Å². The number of rotatable bonds is 3. The van der Waals surface area contributed by atoms with Gasteiger partial charge in [-0.25, -0.2) is 18.2 Å². The number of anilines is 1. The molecule has 8 nitrogen and oxygen atoms in total. The Morgan fingerprint density at radius 3 is 2.54 bits per heavy atom. The summed E-state index contributed by atoms with van der Waals surface area (Å²) >= 11 is 0. The predicted molar refractivity (Wildman–Crippen MR) is 121 cm³/mol. The number of amides is 1. The van der Waals surface area contributed by atoms with Gasteiger partial charge in [0.05, 0.1) is 35.7 Å². The van der Waals surface area contributed by atoms with Crippen molar-refractivity contribution in [2.75, 3.05) is 24.5 Å². The van der Waals surface area contributed by atoms with Gasteiger partial charge in [-0.3, -0.25) is 9.78 Å². The van der Waals surface area contributed by atoms with E-state index >= 15 is 4.39 Å². The number of aromatic nitrogens is 5. The summed E-state index contributed by atoms with van der Waals surface area (Å²) in [6.07, 6.45) is 5.27. The number of hydrogen-bond donors (Lipinski definition) is 0. The van der Waals surface area contributed by atoms with E-state index in [1.807, 2.05) is 4.90 Å². The molecule has 2 atom stereocenters. The lowest BCUT2D eigenvalue weighted by molar-refractivity contribution is 0.00739. The first-order valence-corrected chi connectivity index (χ1v) is 11.2. The smallest absolute Gasteiger partial charge is 0.259 e. The van der Waals surface area contributed by atoms with Crippen molar-refractivity contribution < 1.29 is 18.0 Å². The minimum Gasteiger partial charge on any atom is -0.353 e. The van der Waals surface area contributed by atoms with Gasteiger partial charge in [0.1, 0.15) is 22.9 Å². The molecule has 0 bridgehead atoms. The molecule has 4 aromatic rings. The molecule has 0 radical (unpaired) electrons. The molecule has 2 aromatic carbocycles. The van der Waals surface area contributed by atoms with Gasteiger partial charge >= 0.3 is 0 Å². The number of aryl methyl sites for hydroxylation is 1. The van der Waals surface area contributed by atoms with Gasteiger partial charge in [0.25, 0.3) is 5.91 Å². The second-order valence-electron chi connectivity index (χ2n) is 8.91. The van der Waals surface area contributed by atoms with E-state index in [4.69, 9.17) is 0 Å². The lowest BCUT2D eigenvalue weighted by Gasteiger charge is -2.53. The molecule has 2 aromatic heterocycles. The highest BCUT2D eigenvalue weighted by molar-refractivity contribution is 5.99. The average Bonchev–Trinajstić information content (AvgIpc) is 3.37. The third kappa shape index (κ3) is 3.49. The molecule has 2 saturated heterocycles. The quantitative estimate of drug-likeness (QED) is 0.449. The molecule has 4 heterocycles. The summed E-state index contributed by atoms with van der Waals surface area (Å²) in [6.45, 7) is 3.31. The van der Waals surface area contributed by atoms with Crippen molar-refractivity contribution >= 4 is 22.8 Å². The van der Waals surface area contributed by atoms with Crippen LogP contribution in [-0.2, 0) is 0 Å². The van der Waals surface area contributed by atoms with Crippen LogP contribution in [0, 0.1) is 30.3 Å². The lowest BCUT2D eigenvalue weighted by Crippen LogP contribution is -2.66. The Kier molecular flexibility index (Phi) is 4.94. The number of benzene rings is 2. The van der Waals surface area contributed by atoms with E-state index in [-0.39, 0.29) is 34.2 Å². The molecule has 0 N–H and O–H groups in total. The Hall–Kier alpha value is -4.02. The third-order valence-electron chi connectivity index (χ3n) is 6.87. The van der Waals surface area contributed by atoms with Crippen molar-refractivity contribution in [1.82, 2.24) is 29.9 Å². The largest absolute Gasteiger partial charge is 0.353 e. The number of halogens is 3. The Morgan fingerprint density at radius 1 is 1.03 bits per heavy atom. The topological polar surface area (TPSA) is 80.0 Å². The summed E-state index contributed by atoms with van der Waals surface area (Å²) in [7, 11) is 0. The fourth-order valence-electron chi connectivity index (χ4n) is 4.91. The maximum Gasteiger partial charge on any atom is 0.259 e. The van der Waals surface area contributed by atoms with Crippen LogP contribution in [-0.4, -0.2) is 61.4 Å². The Labute approximate surface area is 198 Å². The highest BCUT2D eigenvalue weighted by Crippen LogP contribution is 2.36. The summed E-state index contributed by atoms with van der Waals surface area (Å²) in [5.41, 5.74) is 1.11. The monoisotopic (exact) mass is 479 g/mol. The summed E-state index contributed by atoms with van der Waals surface area (Å²) < 4.78 is 42.4. The summed E-state index contributed by atoms with van der Waals surface area (Å²) in [5.74, 6) is -2.16. The lowest BCUT2D eigenvalue weighted by atomic mass is 9.81. The number of likely N-dealkylation sites (tertiary alicyclic amines) is 1. The molecule has 0 aliphatic carbocycles. The first-order chi connectivity index (χ1) is 16.9. The van der Waals surface area contributed by atoms with Crippen molar-refractivity contribution in [3.05, 3.63) is 71.4 Å². The number of carbonyl (C=O) groups is 1. The summed E-state index contributed by atoms with van der Waals surface area (Å²) in [4.78, 5) is 27.1. The minimum atomic E-state index is -0.985. The second-order valence-corrected chi connectivity index (χ2v) is 8.91. The van der Waals surface area contributed by atoms with Crippen LogP contribution in [0.15, 0.2) is 42.9 Å². The van der Waals surface area contributed by atoms with Crippen LogP contribution in [0.25, 0.3) is 16.7 Å². The van der Waals surface area contributed by atoms with E-state index < -0.39 is 23.4 Å². The van der Waals surface area contributed by atoms with Gasteiger partial charge in [-0.05, 0) is 25.0 Å². The first kappa shape index (κ1) is 21.5. The van der Waals surface area contributed by atoms with Gasteiger partial charge in [-0.2, -0.15) is 15.0 Å². The van der Waals surface area contributed by atoms with E-state index in [2.05, 4.69) is 20.2 Å². The predicted octanol–water partition coefficient (Wildman–Crippen LogP) is 3.29. The zero-order chi connectivity index (χ0) is 24.3. The minimum absolute atomic E-state index is 0.0558. The number of fused-ring (bicyclic) bond motifs is 2. The Balaban J connectivity index is 1.28. The van der Waals surface area contributed by atoms with Crippen molar-refractivity contribution in [3.63, 3.8) is 0 Å². The molecule has 11 heteroatoms. The molecule has 1 amide bonds. The highest BCUT2D eigenvalue weighted by atomic mass is 19.2. The first-order valence-electron chi connectivity index (χ1n) is 11.2. The molecule has 6 rings (SSSR count). The SMILES string of the molecule is Cc1ccc(-n2nccn2)c(C(=O)N2C[C@H]3CCN(c4cnc5cc(F)c(F)cc5n4)C[C@H]32)c1F. The average molecular weight is 479 g/mol. The molecule has 0 spiro atoms. The molecule has 2 fully saturated rings. The van der Waals surface area contributed by atoms with Crippen LogP contribution < -0.4 is 4.90 Å². The van der Waals surface area contributed by atoms with Crippen molar-refractivity contribution in [1.29, 1.82) is 0 Å². The molecular weight excluding hydrogens is 459 g/mol. The van der Waals surface area contributed by atoms with Crippen LogP contribution in [0.1, 0.15) is 22.3 Å². The Bertz CT molecular complexity index is 1460. The maximum absolute atomic E-state index is 15.2. The molecular formula is C24H20F3N7O. The van der Waals surface area contributed by atoms with Crippen LogP contribution in [0.4, 0.5) is 19.0 Å². The van der Waals surface area contributed by atoms with E-state index in [0.717, 1.165) is 18.6 Å². The fourth-order valence-corrected chi connectivity index (χ4v) is 4.91. The van der Waals surface area contributed by atoms with Gasteiger partial charge < -0.3 is 9.80 Å². The second kappa shape index (κ2) is 8.03. The van der Waals surface area contributed by atoms with Crippen molar-refractivity contribution in [3.8, 4) is 5.69 Å². The van der Waals surface area contributed by atoms with E-state index in [1.165, 1.54) is 23.4 Å². The zero-order valence-corrected chi connectivity index (χ0v) is 18.7. The third-order valence-corrected chi connectivity index (χ3v) is 6.87. The molecule has 2 aliphatic heterocycles. The van der Waals surface area contributed by atoms with Crippen LogP contribution >= 0.6 is 0 Å². The highest BCUT2D eigenvalue weighted by Gasteiger charge is 2.46. The molecule has 0 saturated carbocycles. The number of carbonyl (C=O) groups excluding carboxylic acids is 1. The number of piperidine rings is 1. The maximum atomic E-state index is 15.2. The van der Waals surface area contributed by atoms with Crippen LogP contribution in [0.2, 0.25) is 0 Å².